The summed E-state index contributed by atoms with van der Waals surface area (Å²) < 4.78 is 5.82. The van der Waals surface area contributed by atoms with E-state index in [2.05, 4.69) is 29.9 Å². The Labute approximate surface area is 148 Å². The SMILES string of the molecule is Cc1ccc2c(C(=O)N3C[C@H]4COC[C@@H]3CN(C)C4)cc(C)nc2c1. The van der Waals surface area contributed by atoms with E-state index in [0.717, 1.165) is 54.0 Å². The number of aromatic nitrogens is 1. The maximum absolute atomic E-state index is 13.5. The highest BCUT2D eigenvalue weighted by molar-refractivity contribution is 6.06. The molecule has 0 radical (unpaired) electrons. The van der Waals surface area contributed by atoms with Crippen molar-refractivity contribution in [2.45, 2.75) is 19.9 Å². The first-order valence-electron chi connectivity index (χ1n) is 8.96. The quantitative estimate of drug-likeness (QED) is 0.799. The van der Waals surface area contributed by atoms with Crippen LogP contribution in [0.15, 0.2) is 24.3 Å². The second kappa shape index (κ2) is 6.39. The van der Waals surface area contributed by atoms with Crippen molar-refractivity contribution in [1.82, 2.24) is 14.8 Å². The number of likely N-dealkylation sites (N-methyl/N-ethyl adjacent to an activating group) is 1. The number of nitrogens with zero attached hydrogens (tertiary/aromatic N) is 3. The van der Waals surface area contributed by atoms with Crippen molar-refractivity contribution in [2.75, 3.05) is 39.9 Å². The molecule has 2 aliphatic heterocycles. The van der Waals surface area contributed by atoms with Gasteiger partial charge in [-0.05, 0) is 38.6 Å². The van der Waals surface area contributed by atoms with Gasteiger partial charge in [0, 0.05) is 36.6 Å². The van der Waals surface area contributed by atoms with Crippen molar-refractivity contribution in [1.29, 1.82) is 0 Å². The molecular weight excluding hydrogens is 314 g/mol. The number of benzene rings is 1. The molecule has 0 aliphatic carbocycles. The molecule has 1 aromatic heterocycles. The van der Waals surface area contributed by atoms with Crippen LogP contribution in [0.3, 0.4) is 0 Å². The average molecular weight is 339 g/mol. The molecule has 2 saturated heterocycles. The van der Waals surface area contributed by atoms with Crippen LogP contribution >= 0.6 is 0 Å². The van der Waals surface area contributed by atoms with Gasteiger partial charge >= 0.3 is 0 Å². The van der Waals surface area contributed by atoms with Crippen molar-refractivity contribution in [2.24, 2.45) is 5.92 Å². The lowest BCUT2D eigenvalue weighted by Crippen LogP contribution is -2.46. The van der Waals surface area contributed by atoms with Gasteiger partial charge in [-0.2, -0.15) is 0 Å². The lowest BCUT2D eigenvalue weighted by Gasteiger charge is -2.30. The van der Waals surface area contributed by atoms with E-state index in [4.69, 9.17) is 4.74 Å². The fourth-order valence-electron chi connectivity index (χ4n) is 4.13. The maximum atomic E-state index is 13.5. The Kier molecular flexibility index (Phi) is 4.21. The van der Waals surface area contributed by atoms with Crippen molar-refractivity contribution in [3.63, 3.8) is 0 Å². The van der Waals surface area contributed by atoms with Gasteiger partial charge in [0.15, 0.2) is 0 Å². The second-order valence-corrected chi connectivity index (χ2v) is 7.57. The Morgan fingerprint density at radius 3 is 2.84 bits per heavy atom. The molecule has 4 rings (SSSR count). The smallest absolute Gasteiger partial charge is 0.254 e. The highest BCUT2D eigenvalue weighted by Gasteiger charge is 2.35. The summed E-state index contributed by atoms with van der Waals surface area (Å²) in [5, 5.41) is 0.939. The fraction of sp³-hybridized carbons (Fsp3) is 0.500. The number of ether oxygens (including phenoxy) is 1. The number of fused-ring (bicyclic) bond motifs is 4. The molecule has 3 heterocycles. The van der Waals surface area contributed by atoms with Gasteiger partial charge in [-0.25, -0.2) is 0 Å². The van der Waals surface area contributed by atoms with E-state index in [1.807, 2.05) is 30.0 Å². The minimum absolute atomic E-state index is 0.107. The van der Waals surface area contributed by atoms with Crippen molar-refractivity contribution < 1.29 is 9.53 Å². The number of carbonyl (C=O) groups excluding carboxylic acids is 1. The molecule has 25 heavy (non-hydrogen) atoms. The zero-order valence-electron chi connectivity index (χ0n) is 15.2. The van der Waals surface area contributed by atoms with Crippen LogP contribution in [0.2, 0.25) is 0 Å². The largest absolute Gasteiger partial charge is 0.379 e. The summed E-state index contributed by atoms with van der Waals surface area (Å²) in [5.74, 6) is 0.480. The summed E-state index contributed by atoms with van der Waals surface area (Å²) in [7, 11) is 2.13. The lowest BCUT2D eigenvalue weighted by molar-refractivity contribution is 0.0484. The monoisotopic (exact) mass is 339 g/mol. The van der Waals surface area contributed by atoms with Gasteiger partial charge in [0.05, 0.1) is 30.3 Å². The van der Waals surface area contributed by atoms with Crippen LogP contribution < -0.4 is 0 Å². The number of aryl methyl sites for hydroxylation is 2. The normalized spacial score (nSPS) is 24.4. The first kappa shape index (κ1) is 16.5. The molecule has 2 aromatic rings. The minimum Gasteiger partial charge on any atom is -0.379 e. The van der Waals surface area contributed by atoms with E-state index in [-0.39, 0.29) is 11.9 Å². The molecule has 2 bridgehead atoms. The Bertz CT molecular complexity index is 815. The predicted octanol–water partition coefficient (Wildman–Crippen LogP) is 2.25. The lowest BCUT2D eigenvalue weighted by atomic mass is 10.0. The van der Waals surface area contributed by atoms with Crippen LogP contribution in [-0.2, 0) is 4.74 Å². The van der Waals surface area contributed by atoms with Crippen molar-refractivity contribution in [3.8, 4) is 0 Å². The molecule has 2 atom stereocenters. The third-order valence-electron chi connectivity index (χ3n) is 5.24. The molecule has 0 unspecified atom stereocenters. The first-order valence-corrected chi connectivity index (χ1v) is 8.96. The van der Waals surface area contributed by atoms with Crippen LogP contribution in [0.5, 0.6) is 0 Å². The third-order valence-corrected chi connectivity index (χ3v) is 5.24. The standard InChI is InChI=1S/C20H25N3O2/c1-13-4-5-17-18(7-14(2)21-19(17)6-13)20(24)23-9-15-8-22(3)10-16(23)12-25-11-15/h4-7,15-16H,8-12H2,1-3H3/t15-,16-/m0/s1. The fourth-order valence-corrected chi connectivity index (χ4v) is 4.13. The number of carbonyl (C=O) groups is 1. The van der Waals surface area contributed by atoms with Gasteiger partial charge < -0.3 is 14.5 Å². The molecule has 2 fully saturated rings. The second-order valence-electron chi connectivity index (χ2n) is 7.57. The van der Waals surface area contributed by atoms with Gasteiger partial charge in [-0.1, -0.05) is 12.1 Å². The van der Waals surface area contributed by atoms with Crippen molar-refractivity contribution in [3.05, 3.63) is 41.1 Å². The number of hydrogen-bond donors (Lipinski definition) is 0. The van der Waals surface area contributed by atoms with E-state index in [1.165, 1.54) is 0 Å². The predicted molar refractivity (Wildman–Crippen MR) is 97.8 cm³/mol. The van der Waals surface area contributed by atoms with E-state index < -0.39 is 0 Å². The molecule has 5 heteroatoms. The molecule has 0 spiro atoms. The summed E-state index contributed by atoms with van der Waals surface area (Å²) in [6.07, 6.45) is 0. The van der Waals surface area contributed by atoms with Crippen LogP contribution in [0.1, 0.15) is 21.6 Å². The highest BCUT2D eigenvalue weighted by atomic mass is 16.5. The van der Waals surface area contributed by atoms with Gasteiger partial charge in [0.2, 0.25) is 0 Å². The van der Waals surface area contributed by atoms with Gasteiger partial charge in [0.1, 0.15) is 0 Å². The summed E-state index contributed by atoms with van der Waals surface area (Å²) in [5.41, 5.74) is 3.70. The molecule has 132 valence electrons. The van der Waals surface area contributed by atoms with E-state index in [9.17, 15) is 4.79 Å². The Hall–Kier alpha value is -1.98. The number of rotatable bonds is 1. The number of hydrogen-bond acceptors (Lipinski definition) is 4. The molecule has 2 aliphatic rings. The van der Waals surface area contributed by atoms with E-state index in [0.29, 0.717) is 12.5 Å². The summed E-state index contributed by atoms with van der Waals surface area (Å²) in [6.45, 7) is 7.97. The minimum atomic E-state index is 0.107. The molecule has 0 saturated carbocycles. The molecule has 0 N–H and O–H groups in total. The topological polar surface area (TPSA) is 45.7 Å². The van der Waals surface area contributed by atoms with Crippen LogP contribution in [-0.4, -0.2) is 66.6 Å². The summed E-state index contributed by atoms with van der Waals surface area (Å²) in [4.78, 5) is 22.5. The summed E-state index contributed by atoms with van der Waals surface area (Å²) >= 11 is 0. The van der Waals surface area contributed by atoms with Gasteiger partial charge in [-0.3, -0.25) is 9.78 Å². The molecule has 5 nitrogen and oxygen atoms in total. The highest BCUT2D eigenvalue weighted by Crippen LogP contribution is 2.25. The number of pyridine rings is 1. The van der Waals surface area contributed by atoms with Crippen LogP contribution in [0.25, 0.3) is 10.9 Å². The average Bonchev–Trinajstić information content (AvgIpc) is 2.83. The van der Waals surface area contributed by atoms with Gasteiger partial charge in [-0.15, -0.1) is 0 Å². The Balaban J connectivity index is 1.77. The van der Waals surface area contributed by atoms with E-state index >= 15 is 0 Å². The number of amides is 1. The molecule has 1 aromatic carbocycles. The van der Waals surface area contributed by atoms with Crippen molar-refractivity contribution >= 4 is 16.8 Å². The zero-order chi connectivity index (χ0) is 17.6. The summed E-state index contributed by atoms with van der Waals surface area (Å²) in [6, 6.07) is 8.17. The van der Waals surface area contributed by atoms with Crippen LogP contribution in [0, 0.1) is 19.8 Å². The molecular formula is C20H25N3O2. The molecule has 1 amide bonds. The van der Waals surface area contributed by atoms with Gasteiger partial charge in [0.25, 0.3) is 5.91 Å². The first-order chi connectivity index (χ1) is 12.0. The Morgan fingerprint density at radius 2 is 2.00 bits per heavy atom. The zero-order valence-corrected chi connectivity index (χ0v) is 15.2. The van der Waals surface area contributed by atoms with Crippen LogP contribution in [0.4, 0.5) is 0 Å². The van der Waals surface area contributed by atoms with E-state index in [1.54, 1.807) is 0 Å². The Morgan fingerprint density at radius 1 is 1.16 bits per heavy atom. The maximum Gasteiger partial charge on any atom is 0.254 e. The third kappa shape index (κ3) is 3.14.